The van der Waals surface area contributed by atoms with Gasteiger partial charge >= 0.3 is 0 Å². The van der Waals surface area contributed by atoms with Crippen LogP contribution >= 0.6 is 0 Å². The summed E-state index contributed by atoms with van der Waals surface area (Å²) in [5.41, 5.74) is 2.64. The highest BCUT2D eigenvalue weighted by Crippen LogP contribution is 2.35. The third-order valence-electron chi connectivity index (χ3n) is 4.37. The van der Waals surface area contributed by atoms with Gasteiger partial charge in [0.15, 0.2) is 0 Å². The maximum atomic E-state index is 4.93. The Morgan fingerprint density at radius 3 is 2.83 bits per heavy atom. The molecule has 0 spiro atoms. The van der Waals surface area contributed by atoms with Crippen LogP contribution < -0.4 is 5.32 Å². The van der Waals surface area contributed by atoms with Gasteiger partial charge < -0.3 is 9.88 Å². The van der Waals surface area contributed by atoms with Gasteiger partial charge in [0.1, 0.15) is 5.82 Å². The Bertz CT molecular complexity index is 550. The monoisotopic (exact) mass is 243 g/mol. The maximum absolute atomic E-state index is 4.93. The molecular weight excluding hydrogens is 222 g/mol. The molecule has 3 nitrogen and oxygen atoms in total. The topological polar surface area (TPSA) is 29.9 Å². The minimum Gasteiger partial charge on any atom is -0.328 e. The van der Waals surface area contributed by atoms with E-state index in [1.54, 1.807) is 0 Å². The molecule has 18 heavy (non-hydrogen) atoms. The summed E-state index contributed by atoms with van der Waals surface area (Å²) in [6.07, 6.45) is 2.36. The van der Waals surface area contributed by atoms with E-state index in [-0.39, 0.29) is 5.41 Å². The number of imidazole rings is 1. The van der Waals surface area contributed by atoms with Crippen LogP contribution in [0, 0.1) is 0 Å². The largest absolute Gasteiger partial charge is 0.328 e. The normalized spacial score (nSPS) is 23.9. The van der Waals surface area contributed by atoms with E-state index in [1.807, 2.05) is 0 Å². The molecule has 1 aromatic heterocycles. The van der Waals surface area contributed by atoms with Gasteiger partial charge in [-0.05, 0) is 38.4 Å². The summed E-state index contributed by atoms with van der Waals surface area (Å²) in [4.78, 5) is 4.93. The molecule has 96 valence electrons. The molecule has 1 unspecified atom stereocenters. The average molecular weight is 243 g/mol. The molecule has 3 rings (SSSR count). The Kier molecular flexibility index (Phi) is 2.86. The molecular formula is C15H21N3. The Morgan fingerprint density at radius 1 is 1.33 bits per heavy atom. The SMILES string of the molecule is CCn1c(C2(CC)CCNC2)nc2ccccc21. The summed E-state index contributed by atoms with van der Waals surface area (Å²) in [7, 11) is 0. The zero-order valence-electron chi connectivity index (χ0n) is 11.2. The predicted octanol–water partition coefficient (Wildman–Crippen LogP) is 2.70. The van der Waals surface area contributed by atoms with Crippen molar-refractivity contribution in [3.05, 3.63) is 30.1 Å². The molecule has 3 heteroatoms. The minimum absolute atomic E-state index is 0.231. The molecule has 2 heterocycles. The molecule has 1 aliphatic rings. The van der Waals surface area contributed by atoms with Gasteiger partial charge in [-0.1, -0.05) is 19.1 Å². The molecule has 0 bridgehead atoms. The first-order valence-corrected chi connectivity index (χ1v) is 6.97. The summed E-state index contributed by atoms with van der Waals surface area (Å²) < 4.78 is 2.39. The van der Waals surface area contributed by atoms with Crippen molar-refractivity contribution in [2.45, 2.75) is 38.6 Å². The standard InChI is InChI=1S/C15H21N3/c1-3-15(9-10-16-11-15)14-17-12-7-5-6-8-13(12)18(14)4-2/h5-8,16H,3-4,9-11H2,1-2H3. The van der Waals surface area contributed by atoms with Crippen molar-refractivity contribution in [1.29, 1.82) is 0 Å². The molecule has 1 atom stereocenters. The third-order valence-corrected chi connectivity index (χ3v) is 4.37. The first-order valence-electron chi connectivity index (χ1n) is 6.97. The number of aromatic nitrogens is 2. The van der Waals surface area contributed by atoms with E-state index < -0.39 is 0 Å². The van der Waals surface area contributed by atoms with Crippen molar-refractivity contribution in [2.75, 3.05) is 13.1 Å². The van der Waals surface area contributed by atoms with Gasteiger partial charge in [-0.2, -0.15) is 0 Å². The van der Waals surface area contributed by atoms with E-state index in [4.69, 9.17) is 4.98 Å². The van der Waals surface area contributed by atoms with Crippen LogP contribution in [0.3, 0.4) is 0 Å². The third kappa shape index (κ3) is 1.57. The summed E-state index contributed by atoms with van der Waals surface area (Å²) in [6, 6.07) is 8.48. The number of rotatable bonds is 3. The van der Waals surface area contributed by atoms with E-state index in [9.17, 15) is 0 Å². The van der Waals surface area contributed by atoms with Crippen LogP contribution in [0.1, 0.15) is 32.5 Å². The van der Waals surface area contributed by atoms with Crippen molar-refractivity contribution in [3.63, 3.8) is 0 Å². The lowest BCUT2D eigenvalue weighted by Crippen LogP contribution is -2.31. The Labute approximate surface area is 108 Å². The van der Waals surface area contributed by atoms with Gasteiger partial charge in [0.25, 0.3) is 0 Å². The fourth-order valence-corrected chi connectivity index (χ4v) is 3.19. The number of para-hydroxylation sites is 2. The second-order valence-electron chi connectivity index (χ2n) is 5.23. The van der Waals surface area contributed by atoms with Gasteiger partial charge in [0.2, 0.25) is 0 Å². The first-order chi connectivity index (χ1) is 8.80. The summed E-state index contributed by atoms with van der Waals surface area (Å²) in [6.45, 7) is 7.67. The van der Waals surface area contributed by atoms with Crippen molar-refractivity contribution in [1.82, 2.24) is 14.9 Å². The molecule has 1 saturated heterocycles. The lowest BCUT2D eigenvalue weighted by atomic mass is 9.83. The van der Waals surface area contributed by atoms with Crippen molar-refractivity contribution in [2.24, 2.45) is 0 Å². The number of nitrogens with one attached hydrogen (secondary N) is 1. The van der Waals surface area contributed by atoms with Crippen molar-refractivity contribution >= 4 is 11.0 Å². The van der Waals surface area contributed by atoms with Gasteiger partial charge in [-0.3, -0.25) is 0 Å². The molecule has 0 saturated carbocycles. The molecule has 0 amide bonds. The van der Waals surface area contributed by atoms with Crippen LogP contribution in [0.5, 0.6) is 0 Å². The lowest BCUT2D eigenvalue weighted by molar-refractivity contribution is 0.408. The second-order valence-corrected chi connectivity index (χ2v) is 5.23. The van der Waals surface area contributed by atoms with Gasteiger partial charge in [-0.25, -0.2) is 4.98 Å². The number of benzene rings is 1. The zero-order chi connectivity index (χ0) is 12.6. The van der Waals surface area contributed by atoms with E-state index in [0.29, 0.717) is 0 Å². The minimum atomic E-state index is 0.231. The maximum Gasteiger partial charge on any atom is 0.117 e. The van der Waals surface area contributed by atoms with Gasteiger partial charge in [0.05, 0.1) is 11.0 Å². The van der Waals surface area contributed by atoms with Crippen molar-refractivity contribution < 1.29 is 0 Å². The highest BCUT2D eigenvalue weighted by Gasteiger charge is 2.38. The quantitative estimate of drug-likeness (QED) is 0.898. The fraction of sp³-hybridized carbons (Fsp3) is 0.533. The highest BCUT2D eigenvalue weighted by atomic mass is 15.1. The van der Waals surface area contributed by atoms with E-state index >= 15 is 0 Å². The van der Waals surface area contributed by atoms with Crippen LogP contribution in [0.15, 0.2) is 24.3 Å². The number of nitrogens with zero attached hydrogens (tertiary/aromatic N) is 2. The lowest BCUT2D eigenvalue weighted by Gasteiger charge is -2.26. The van der Waals surface area contributed by atoms with E-state index in [1.165, 1.54) is 17.8 Å². The van der Waals surface area contributed by atoms with Gasteiger partial charge in [0, 0.05) is 18.5 Å². The second kappa shape index (κ2) is 4.39. The average Bonchev–Trinajstić information content (AvgIpc) is 3.03. The zero-order valence-corrected chi connectivity index (χ0v) is 11.2. The molecule has 0 radical (unpaired) electrons. The molecule has 0 aliphatic carbocycles. The summed E-state index contributed by atoms with van der Waals surface area (Å²) in [5.74, 6) is 1.28. The number of fused-ring (bicyclic) bond motifs is 1. The van der Waals surface area contributed by atoms with Crippen LogP contribution in [-0.4, -0.2) is 22.6 Å². The van der Waals surface area contributed by atoms with E-state index in [0.717, 1.165) is 31.6 Å². The Balaban J connectivity index is 2.21. The smallest absolute Gasteiger partial charge is 0.117 e. The predicted molar refractivity (Wildman–Crippen MR) is 74.9 cm³/mol. The van der Waals surface area contributed by atoms with E-state index in [2.05, 4.69) is 48.0 Å². The number of aryl methyl sites for hydroxylation is 1. The fourth-order valence-electron chi connectivity index (χ4n) is 3.19. The number of hydrogen-bond acceptors (Lipinski definition) is 2. The molecule has 2 aromatic rings. The van der Waals surface area contributed by atoms with Crippen LogP contribution in [0.25, 0.3) is 11.0 Å². The van der Waals surface area contributed by atoms with Gasteiger partial charge in [-0.15, -0.1) is 0 Å². The van der Waals surface area contributed by atoms with Crippen LogP contribution in [0.2, 0.25) is 0 Å². The first kappa shape index (κ1) is 11.7. The Morgan fingerprint density at radius 2 is 2.17 bits per heavy atom. The molecule has 1 aliphatic heterocycles. The highest BCUT2D eigenvalue weighted by molar-refractivity contribution is 5.76. The van der Waals surface area contributed by atoms with Crippen LogP contribution in [0.4, 0.5) is 0 Å². The molecule has 1 fully saturated rings. The number of hydrogen-bond donors (Lipinski definition) is 1. The van der Waals surface area contributed by atoms with Crippen molar-refractivity contribution in [3.8, 4) is 0 Å². The Hall–Kier alpha value is -1.35. The molecule has 1 N–H and O–H groups in total. The summed E-state index contributed by atoms with van der Waals surface area (Å²) in [5, 5.41) is 3.50. The van der Waals surface area contributed by atoms with Crippen LogP contribution in [-0.2, 0) is 12.0 Å². The molecule has 1 aromatic carbocycles. The summed E-state index contributed by atoms with van der Waals surface area (Å²) >= 11 is 0.